The van der Waals surface area contributed by atoms with Crippen LogP contribution < -0.4 is 0 Å². The van der Waals surface area contributed by atoms with Gasteiger partial charge in [0.15, 0.2) is 0 Å². The third-order valence-electron chi connectivity index (χ3n) is 6.22. The van der Waals surface area contributed by atoms with Crippen molar-refractivity contribution < 1.29 is 9.47 Å². The summed E-state index contributed by atoms with van der Waals surface area (Å²) in [7, 11) is 0. The van der Waals surface area contributed by atoms with Gasteiger partial charge in [0, 0.05) is 24.8 Å². The molecule has 2 aliphatic carbocycles. The van der Waals surface area contributed by atoms with Crippen LogP contribution in [0.4, 0.5) is 0 Å². The normalized spacial score (nSPS) is 26.6. The maximum Gasteiger partial charge on any atom is 2.00 e. The van der Waals surface area contributed by atoms with Crippen LogP contribution in [0, 0.1) is 6.07 Å². The Morgan fingerprint density at radius 2 is 1.50 bits per heavy atom. The minimum absolute atomic E-state index is 0. The summed E-state index contributed by atoms with van der Waals surface area (Å²) >= 11 is 0. The number of hydrogen-bond acceptors (Lipinski definition) is 3. The molecule has 0 amide bonds. The second-order valence-corrected chi connectivity index (χ2v) is 8.16. The van der Waals surface area contributed by atoms with Crippen molar-refractivity contribution in [2.75, 3.05) is 0 Å². The predicted octanol–water partition coefficient (Wildman–Crippen LogP) is 5.10. The molecular formula is C27H22MgN2O2. The van der Waals surface area contributed by atoms with Crippen LogP contribution in [0.5, 0.6) is 0 Å². The van der Waals surface area contributed by atoms with Gasteiger partial charge in [-0.25, -0.2) is 4.99 Å². The molecule has 1 saturated heterocycles. The van der Waals surface area contributed by atoms with Gasteiger partial charge in [-0.05, 0) is 16.7 Å². The van der Waals surface area contributed by atoms with Crippen LogP contribution in [0.1, 0.15) is 34.3 Å². The van der Waals surface area contributed by atoms with E-state index in [4.69, 9.17) is 19.8 Å². The molecule has 7 rings (SSSR count). The molecule has 4 nitrogen and oxygen atoms in total. The van der Waals surface area contributed by atoms with Gasteiger partial charge in [-0.1, -0.05) is 60.1 Å². The molecular weight excluding hydrogens is 409 g/mol. The van der Waals surface area contributed by atoms with E-state index in [1.54, 1.807) is 0 Å². The van der Waals surface area contributed by atoms with Crippen molar-refractivity contribution in [1.29, 1.82) is 0 Å². The number of aliphatic imine (C=N–C) groups is 1. The Kier molecular flexibility index (Phi) is 5.94. The monoisotopic (exact) mass is 430 g/mol. The molecule has 2 heterocycles. The van der Waals surface area contributed by atoms with Crippen LogP contribution in [0.15, 0.2) is 95.8 Å². The molecule has 0 bridgehead atoms. The van der Waals surface area contributed by atoms with Gasteiger partial charge in [0.05, 0.1) is 6.10 Å². The molecule has 0 radical (unpaired) electrons. The van der Waals surface area contributed by atoms with Crippen LogP contribution in [-0.2, 0) is 22.3 Å². The van der Waals surface area contributed by atoms with Crippen molar-refractivity contribution >= 4 is 29.0 Å². The Morgan fingerprint density at radius 3 is 2.22 bits per heavy atom. The summed E-state index contributed by atoms with van der Waals surface area (Å²) in [6.45, 7) is 0. The van der Waals surface area contributed by atoms with Gasteiger partial charge < -0.3 is 14.8 Å². The molecule has 2 aliphatic heterocycles. The Labute approximate surface area is 204 Å². The topological polar surface area (TPSA) is 44.9 Å². The number of fused-ring (bicyclic) bond motifs is 6. The van der Waals surface area contributed by atoms with E-state index in [0.29, 0.717) is 11.8 Å². The van der Waals surface area contributed by atoms with Crippen molar-refractivity contribution in [3.8, 4) is 0 Å². The summed E-state index contributed by atoms with van der Waals surface area (Å²) in [4.78, 5) is 4.77. The van der Waals surface area contributed by atoms with E-state index in [9.17, 15) is 0 Å². The first-order valence-corrected chi connectivity index (χ1v) is 10.8. The van der Waals surface area contributed by atoms with E-state index in [1.807, 2.05) is 36.4 Å². The summed E-state index contributed by atoms with van der Waals surface area (Å²) in [5.74, 6) is 1.30. The Morgan fingerprint density at radius 1 is 0.812 bits per heavy atom. The van der Waals surface area contributed by atoms with Gasteiger partial charge in [0.1, 0.15) is 12.1 Å². The summed E-state index contributed by atoms with van der Waals surface area (Å²) in [6.07, 6.45) is 3.94. The van der Waals surface area contributed by atoms with Crippen LogP contribution >= 0.6 is 0 Å². The first kappa shape index (κ1) is 21.1. The first-order valence-electron chi connectivity index (χ1n) is 10.8. The van der Waals surface area contributed by atoms with Crippen LogP contribution in [-0.4, -0.2) is 41.2 Å². The maximum atomic E-state index is 6.05. The fourth-order valence-corrected chi connectivity index (χ4v) is 4.83. The van der Waals surface area contributed by atoms with Crippen LogP contribution in [0.3, 0.4) is 0 Å². The second kappa shape index (κ2) is 9.00. The van der Waals surface area contributed by atoms with E-state index >= 15 is 0 Å². The van der Waals surface area contributed by atoms with Crippen molar-refractivity contribution in [3.05, 3.63) is 124 Å². The average Bonchev–Trinajstić information content (AvgIpc) is 3.54. The quantitative estimate of drug-likeness (QED) is 0.398. The van der Waals surface area contributed by atoms with Crippen molar-refractivity contribution in [2.45, 2.75) is 37.1 Å². The summed E-state index contributed by atoms with van der Waals surface area (Å²) < 4.78 is 12.1. The third-order valence-corrected chi connectivity index (χ3v) is 6.22. The van der Waals surface area contributed by atoms with Gasteiger partial charge in [-0.2, -0.15) is 36.4 Å². The number of rotatable bonds is 1. The molecule has 5 heteroatoms. The maximum absolute atomic E-state index is 6.05. The van der Waals surface area contributed by atoms with Crippen LogP contribution in [0.25, 0.3) is 5.32 Å². The van der Waals surface area contributed by atoms with Gasteiger partial charge in [-0.15, -0.1) is 0 Å². The zero-order valence-corrected chi connectivity index (χ0v) is 19.1. The van der Waals surface area contributed by atoms with Gasteiger partial charge in [0.25, 0.3) is 0 Å². The minimum Gasteiger partial charge on any atom is -0.645 e. The molecule has 1 fully saturated rings. The Hall–Kier alpha value is -2.76. The Bertz CT molecular complexity index is 1130. The van der Waals surface area contributed by atoms with E-state index in [1.165, 1.54) is 22.3 Å². The van der Waals surface area contributed by atoms with E-state index in [0.717, 1.165) is 12.8 Å². The van der Waals surface area contributed by atoms with Crippen molar-refractivity contribution in [2.24, 2.45) is 4.99 Å². The zero-order chi connectivity index (χ0) is 20.6. The summed E-state index contributed by atoms with van der Waals surface area (Å²) in [5, 5.41) is 4.77. The molecule has 0 aromatic heterocycles. The second-order valence-electron chi connectivity index (χ2n) is 8.16. The molecule has 0 saturated carbocycles. The number of ether oxygens (including phenoxy) is 2. The number of hydrogen-bond donors (Lipinski definition) is 0. The molecule has 4 atom stereocenters. The van der Waals surface area contributed by atoms with E-state index < -0.39 is 0 Å². The zero-order valence-electron chi connectivity index (χ0n) is 17.7. The van der Waals surface area contributed by atoms with E-state index in [-0.39, 0.29) is 47.3 Å². The van der Waals surface area contributed by atoms with Gasteiger partial charge in [0.2, 0.25) is 5.90 Å². The number of nitrogens with zero attached hydrogens (tertiary/aromatic N) is 2. The molecule has 32 heavy (non-hydrogen) atoms. The predicted molar refractivity (Wildman–Crippen MR) is 125 cm³/mol. The molecule has 0 spiro atoms. The first-order chi connectivity index (χ1) is 15.3. The third kappa shape index (κ3) is 3.91. The largest absolute Gasteiger partial charge is 2.00 e. The number of benzene rings is 3. The summed E-state index contributed by atoms with van der Waals surface area (Å²) in [6, 6.07) is 29.7. The molecule has 0 N–H and O–H groups in total. The standard InChI is InChI=1S/C21H17N2O2.C6H5.Mg/c1-3-7-14-12(5-1)9-16-20(14)22-18(24-16)11-19-23-21-15-8-4-2-6-13(15)10-17(21)25-19;1-2-4-6-5-3-1;/h1-8,11,16-17,20-21H,9-10H2;1-5H;/q2*-1;+2/b18-11+;;/t16-,17-,20+,21+;;/m1../s1. The smallest absolute Gasteiger partial charge is 0.645 e. The van der Waals surface area contributed by atoms with Crippen molar-refractivity contribution in [1.82, 2.24) is 0 Å². The minimum atomic E-state index is 0. The average molecular weight is 431 g/mol. The van der Waals surface area contributed by atoms with E-state index in [2.05, 4.69) is 54.6 Å². The molecule has 4 aliphatic rings. The van der Waals surface area contributed by atoms with Gasteiger partial charge >= 0.3 is 23.1 Å². The SMILES string of the molecule is C(/C1=N[C@H]2c3ccccc3C[C@H]2O1)=C1/[N-][C@H]2c3ccccc3C[C@H]2O1.[Mg+2].[c-]1ccccc1. The Balaban J connectivity index is 0.000000271. The molecule has 154 valence electrons. The fourth-order valence-electron chi connectivity index (χ4n) is 4.83. The molecule has 3 aromatic carbocycles. The van der Waals surface area contributed by atoms with Crippen molar-refractivity contribution in [3.63, 3.8) is 0 Å². The van der Waals surface area contributed by atoms with Crippen LogP contribution in [0.2, 0.25) is 0 Å². The summed E-state index contributed by atoms with van der Waals surface area (Å²) in [5.41, 5.74) is 5.27. The molecule has 0 unspecified atom stereocenters. The van der Waals surface area contributed by atoms with Gasteiger partial charge in [-0.3, -0.25) is 0 Å². The molecule has 3 aromatic rings. The fraction of sp³-hybridized carbons (Fsp3) is 0.222.